The van der Waals surface area contributed by atoms with Gasteiger partial charge in [-0.3, -0.25) is 0 Å². The van der Waals surface area contributed by atoms with E-state index in [0.29, 0.717) is 5.75 Å². The molecule has 0 aromatic heterocycles. The first-order valence-electron chi connectivity index (χ1n) is 5.90. The highest BCUT2D eigenvalue weighted by Crippen LogP contribution is 2.26. The van der Waals surface area contributed by atoms with Crippen LogP contribution in [-0.4, -0.2) is 13.1 Å². The van der Waals surface area contributed by atoms with E-state index in [-0.39, 0.29) is 22.6 Å². The number of hydrogen-bond donors (Lipinski definition) is 1. The lowest BCUT2D eigenvalue weighted by molar-refractivity contribution is 0.0601. The van der Waals surface area contributed by atoms with Gasteiger partial charge >= 0.3 is 5.97 Å². The number of esters is 1. The number of benzene rings is 2. The average Bonchev–Trinajstić information content (AvgIpc) is 2.48. The topological polar surface area (TPSA) is 85.3 Å². The zero-order valence-corrected chi connectivity index (χ0v) is 11.1. The Morgan fingerprint density at radius 1 is 1.24 bits per heavy atom. The Balaban J connectivity index is 2.30. The molecule has 0 heterocycles. The van der Waals surface area contributed by atoms with Crippen LogP contribution in [0.15, 0.2) is 36.4 Å². The first kappa shape index (κ1) is 14.3. The van der Waals surface area contributed by atoms with Gasteiger partial charge in [0, 0.05) is 11.8 Å². The molecule has 5 nitrogen and oxygen atoms in total. The number of rotatable bonds is 3. The van der Waals surface area contributed by atoms with Crippen LogP contribution < -0.4 is 10.5 Å². The van der Waals surface area contributed by atoms with Gasteiger partial charge in [-0.05, 0) is 30.3 Å². The largest absolute Gasteiger partial charge is 0.465 e. The molecule has 0 bridgehead atoms. The van der Waals surface area contributed by atoms with E-state index in [1.807, 2.05) is 0 Å². The molecular weight excluding hydrogens is 275 g/mol. The first-order valence-corrected chi connectivity index (χ1v) is 5.90. The summed E-state index contributed by atoms with van der Waals surface area (Å²) in [5, 5.41) is 8.66. The second kappa shape index (κ2) is 5.92. The zero-order chi connectivity index (χ0) is 15.4. The zero-order valence-electron chi connectivity index (χ0n) is 11.1. The molecule has 2 aromatic carbocycles. The van der Waals surface area contributed by atoms with Gasteiger partial charge in [-0.2, -0.15) is 5.26 Å². The van der Waals surface area contributed by atoms with Crippen LogP contribution in [-0.2, 0) is 4.74 Å². The number of carbonyl (C=O) groups is 1. The van der Waals surface area contributed by atoms with E-state index < -0.39 is 11.8 Å². The summed E-state index contributed by atoms with van der Waals surface area (Å²) in [5.74, 6) is -0.775. The van der Waals surface area contributed by atoms with E-state index in [1.54, 1.807) is 6.07 Å². The Morgan fingerprint density at radius 3 is 2.52 bits per heavy atom. The van der Waals surface area contributed by atoms with Crippen LogP contribution in [0.25, 0.3) is 0 Å². The van der Waals surface area contributed by atoms with Crippen molar-refractivity contribution in [2.45, 2.75) is 0 Å². The van der Waals surface area contributed by atoms with Crippen molar-refractivity contribution in [1.29, 1.82) is 5.26 Å². The van der Waals surface area contributed by atoms with Crippen LogP contribution in [0.5, 0.6) is 11.5 Å². The van der Waals surface area contributed by atoms with Gasteiger partial charge in [0.2, 0.25) is 0 Å². The number of nitriles is 1. The molecule has 0 aliphatic heterocycles. The minimum atomic E-state index is -0.682. The summed E-state index contributed by atoms with van der Waals surface area (Å²) in [6.45, 7) is 0. The van der Waals surface area contributed by atoms with Crippen molar-refractivity contribution in [3.63, 3.8) is 0 Å². The monoisotopic (exact) mass is 286 g/mol. The van der Waals surface area contributed by atoms with Crippen LogP contribution in [0.2, 0.25) is 0 Å². The Hall–Kier alpha value is -3.07. The molecule has 0 aliphatic carbocycles. The van der Waals surface area contributed by atoms with Crippen LogP contribution in [0.4, 0.5) is 10.1 Å². The quantitative estimate of drug-likeness (QED) is 0.692. The molecule has 6 heteroatoms. The lowest BCUT2D eigenvalue weighted by atomic mass is 10.1. The molecule has 2 N–H and O–H groups in total. The van der Waals surface area contributed by atoms with E-state index in [4.69, 9.17) is 15.7 Å². The van der Waals surface area contributed by atoms with Crippen molar-refractivity contribution in [3.8, 4) is 17.6 Å². The maximum atomic E-state index is 13.5. The van der Waals surface area contributed by atoms with E-state index in [1.165, 1.54) is 37.4 Å². The van der Waals surface area contributed by atoms with Crippen molar-refractivity contribution in [2.75, 3.05) is 12.8 Å². The fourth-order valence-corrected chi connectivity index (χ4v) is 1.67. The van der Waals surface area contributed by atoms with Gasteiger partial charge in [0.15, 0.2) is 0 Å². The fourth-order valence-electron chi connectivity index (χ4n) is 1.67. The van der Waals surface area contributed by atoms with E-state index in [2.05, 4.69) is 4.74 Å². The molecular formula is C15H11FN2O3. The highest BCUT2D eigenvalue weighted by molar-refractivity contribution is 5.95. The normalized spacial score (nSPS) is 9.76. The van der Waals surface area contributed by atoms with Gasteiger partial charge in [-0.15, -0.1) is 0 Å². The minimum Gasteiger partial charge on any atom is -0.465 e. The molecule has 0 fully saturated rings. The first-order chi connectivity index (χ1) is 10.0. The highest BCUT2D eigenvalue weighted by atomic mass is 19.1. The smallest absolute Gasteiger partial charge is 0.340 e. The standard InChI is InChI=1S/C15H11FN2O3/c1-20-15(19)12-6-10(4-5-14(12)18)21-11-3-2-9(8-17)13(16)7-11/h2-7H,18H2,1H3. The third-order valence-electron chi connectivity index (χ3n) is 2.73. The summed E-state index contributed by atoms with van der Waals surface area (Å²) in [4.78, 5) is 11.5. The summed E-state index contributed by atoms with van der Waals surface area (Å²) >= 11 is 0. The molecule has 0 aliphatic rings. The number of ether oxygens (including phenoxy) is 2. The maximum Gasteiger partial charge on any atom is 0.340 e. The minimum absolute atomic E-state index is 0.0742. The van der Waals surface area contributed by atoms with E-state index in [0.717, 1.165) is 6.07 Å². The fraction of sp³-hybridized carbons (Fsp3) is 0.0667. The SMILES string of the molecule is COC(=O)c1cc(Oc2ccc(C#N)c(F)c2)ccc1N. The predicted octanol–water partition coefficient (Wildman–Crippen LogP) is 2.86. The summed E-state index contributed by atoms with van der Waals surface area (Å²) in [7, 11) is 1.24. The van der Waals surface area contributed by atoms with Gasteiger partial charge < -0.3 is 15.2 Å². The van der Waals surface area contributed by atoms with Crippen molar-refractivity contribution in [2.24, 2.45) is 0 Å². The summed E-state index contributed by atoms with van der Waals surface area (Å²) in [5.41, 5.74) is 6.00. The lowest BCUT2D eigenvalue weighted by Gasteiger charge is -2.09. The van der Waals surface area contributed by atoms with Crippen molar-refractivity contribution < 1.29 is 18.7 Å². The van der Waals surface area contributed by atoms with Crippen LogP contribution in [0.1, 0.15) is 15.9 Å². The van der Waals surface area contributed by atoms with Crippen LogP contribution >= 0.6 is 0 Å². The van der Waals surface area contributed by atoms with Crippen LogP contribution in [0.3, 0.4) is 0 Å². The molecule has 0 radical (unpaired) electrons. The molecule has 0 unspecified atom stereocenters. The number of halogens is 1. The average molecular weight is 286 g/mol. The molecule has 0 amide bonds. The van der Waals surface area contributed by atoms with Gasteiger partial charge in [0.25, 0.3) is 0 Å². The highest BCUT2D eigenvalue weighted by Gasteiger charge is 2.12. The number of nitrogens with two attached hydrogens (primary N) is 1. The lowest BCUT2D eigenvalue weighted by Crippen LogP contribution is -2.05. The predicted molar refractivity (Wildman–Crippen MR) is 73.4 cm³/mol. The molecule has 0 saturated heterocycles. The van der Waals surface area contributed by atoms with Crippen LogP contribution in [0, 0.1) is 17.1 Å². The number of methoxy groups -OCH3 is 1. The molecule has 0 atom stereocenters. The van der Waals surface area contributed by atoms with Crippen molar-refractivity contribution in [1.82, 2.24) is 0 Å². The van der Waals surface area contributed by atoms with Gasteiger partial charge in [-0.25, -0.2) is 9.18 Å². The number of nitrogen functional groups attached to an aromatic ring is 1. The van der Waals surface area contributed by atoms with Crippen molar-refractivity contribution in [3.05, 3.63) is 53.3 Å². The van der Waals surface area contributed by atoms with Crippen molar-refractivity contribution >= 4 is 11.7 Å². The third-order valence-corrected chi connectivity index (χ3v) is 2.73. The summed E-state index contributed by atoms with van der Waals surface area (Å²) in [6.07, 6.45) is 0. The Labute approximate surface area is 120 Å². The second-order valence-corrected chi connectivity index (χ2v) is 4.10. The summed E-state index contributed by atoms with van der Waals surface area (Å²) < 4.78 is 23.5. The molecule has 0 saturated carbocycles. The van der Waals surface area contributed by atoms with E-state index in [9.17, 15) is 9.18 Å². The Bertz CT molecular complexity index is 738. The third kappa shape index (κ3) is 3.09. The molecule has 2 rings (SSSR count). The number of carbonyl (C=O) groups excluding carboxylic acids is 1. The molecule has 0 spiro atoms. The number of anilines is 1. The molecule has 21 heavy (non-hydrogen) atoms. The Kier molecular flexibility index (Phi) is 4.05. The maximum absolute atomic E-state index is 13.5. The van der Waals surface area contributed by atoms with Gasteiger partial charge in [-0.1, -0.05) is 0 Å². The molecule has 2 aromatic rings. The second-order valence-electron chi connectivity index (χ2n) is 4.10. The number of hydrogen-bond acceptors (Lipinski definition) is 5. The Morgan fingerprint density at radius 2 is 1.90 bits per heavy atom. The number of nitrogens with zero attached hydrogens (tertiary/aromatic N) is 1. The van der Waals surface area contributed by atoms with E-state index >= 15 is 0 Å². The van der Waals surface area contributed by atoms with Gasteiger partial charge in [0.05, 0.1) is 18.2 Å². The molecule has 106 valence electrons. The summed E-state index contributed by atoms with van der Waals surface area (Å²) in [6, 6.07) is 10.00. The van der Waals surface area contributed by atoms with Gasteiger partial charge in [0.1, 0.15) is 23.4 Å².